The molecule has 0 spiro atoms. The van der Waals surface area contributed by atoms with Crippen LogP contribution in [0.2, 0.25) is 0 Å². The number of aromatic hydroxyl groups is 1. The van der Waals surface area contributed by atoms with Crippen molar-refractivity contribution in [1.29, 1.82) is 0 Å². The molecule has 3 aromatic carbocycles. The fourth-order valence-electron chi connectivity index (χ4n) is 8.38. The second-order valence-electron chi connectivity index (χ2n) is 15.4. The van der Waals surface area contributed by atoms with Crippen LogP contribution in [0.1, 0.15) is 85.6 Å². The number of nitrogens with two attached hydrogens (primary N) is 1. The van der Waals surface area contributed by atoms with Crippen molar-refractivity contribution >= 4 is 28.6 Å². The summed E-state index contributed by atoms with van der Waals surface area (Å²) in [7, 11) is 0. The van der Waals surface area contributed by atoms with Crippen LogP contribution >= 0.6 is 0 Å². The first kappa shape index (κ1) is 36.2. The molecule has 5 atom stereocenters. The number of aliphatic hydroxyl groups is 1. The lowest BCUT2D eigenvalue weighted by Gasteiger charge is -2.32. The zero-order valence-electron chi connectivity index (χ0n) is 31.1. The van der Waals surface area contributed by atoms with Crippen molar-refractivity contribution in [2.75, 3.05) is 19.7 Å². The zero-order valence-corrected chi connectivity index (χ0v) is 31.1. The number of hydrogen-bond donors (Lipinski definition) is 4. The number of ether oxygens (including phenoxy) is 2. The maximum Gasteiger partial charge on any atom is 0.223 e. The molecule has 0 radical (unpaired) electrons. The number of amides is 1. The number of likely N-dealkylation sites (tertiary alicyclic amines) is 1. The second kappa shape index (κ2) is 15.9. The molecular weight excluding hydrogens is 677 g/mol. The van der Waals surface area contributed by atoms with Gasteiger partial charge in [0.25, 0.3) is 0 Å². The van der Waals surface area contributed by atoms with E-state index in [2.05, 4.69) is 59.5 Å². The van der Waals surface area contributed by atoms with Gasteiger partial charge in [0, 0.05) is 72.1 Å². The molecule has 1 amide bonds. The monoisotopic (exact) mass is 728 g/mol. The average molecular weight is 729 g/mol. The smallest absolute Gasteiger partial charge is 0.223 e. The number of phenolic OH excluding ortho intramolecular Hbond substituents is 1. The van der Waals surface area contributed by atoms with Crippen LogP contribution in [0.4, 0.5) is 0 Å². The Hall–Kier alpha value is -4.83. The van der Waals surface area contributed by atoms with E-state index in [0.29, 0.717) is 31.6 Å². The summed E-state index contributed by atoms with van der Waals surface area (Å²) in [6, 6.07) is 18.3. The van der Waals surface area contributed by atoms with Gasteiger partial charge in [-0.05, 0) is 59.7 Å². The Morgan fingerprint density at radius 3 is 2.65 bits per heavy atom. The van der Waals surface area contributed by atoms with E-state index < -0.39 is 6.10 Å². The third-order valence-electron chi connectivity index (χ3n) is 11.6. The number of nitrogens with one attached hydrogen (secondary N) is 1. The molecule has 1 aromatic heterocycles. The molecule has 5 aliphatic rings. The van der Waals surface area contributed by atoms with Crippen LogP contribution in [0.25, 0.3) is 22.7 Å². The number of dihydropyridines is 1. The van der Waals surface area contributed by atoms with Gasteiger partial charge in [0.1, 0.15) is 12.4 Å². The van der Waals surface area contributed by atoms with E-state index in [-0.39, 0.29) is 42.4 Å². The van der Waals surface area contributed by atoms with E-state index in [1.165, 1.54) is 0 Å². The van der Waals surface area contributed by atoms with Crippen LogP contribution in [0.3, 0.4) is 0 Å². The molecule has 5 N–H and O–H groups in total. The van der Waals surface area contributed by atoms with Gasteiger partial charge < -0.3 is 40.2 Å². The Morgan fingerprint density at radius 1 is 1.00 bits per heavy atom. The molecule has 6 bridgehead atoms. The van der Waals surface area contributed by atoms with Crippen molar-refractivity contribution in [3.8, 4) is 11.5 Å². The molecule has 4 aliphatic heterocycles. The summed E-state index contributed by atoms with van der Waals surface area (Å²) in [6.07, 6.45) is 17.9. The summed E-state index contributed by atoms with van der Waals surface area (Å²) >= 11 is 0. The van der Waals surface area contributed by atoms with Crippen LogP contribution in [0.15, 0.2) is 90.8 Å². The second-order valence-corrected chi connectivity index (χ2v) is 15.4. The number of aliphatic hydroxyl groups excluding tert-OH is 1. The maximum atomic E-state index is 13.5. The topological polar surface area (TPSA) is 122 Å². The molecule has 4 aromatic rings. The van der Waals surface area contributed by atoms with Gasteiger partial charge in [-0.1, -0.05) is 86.9 Å². The number of aromatic nitrogens is 1. The molecular formula is C45H52N4O5. The van der Waals surface area contributed by atoms with Crippen molar-refractivity contribution in [1.82, 2.24) is 14.8 Å². The van der Waals surface area contributed by atoms with E-state index >= 15 is 0 Å². The quantitative estimate of drug-likeness (QED) is 0.142. The fourth-order valence-corrected chi connectivity index (χ4v) is 8.38. The zero-order chi connectivity index (χ0) is 37.2. The van der Waals surface area contributed by atoms with Crippen LogP contribution in [-0.4, -0.2) is 63.7 Å². The predicted octanol–water partition coefficient (Wildman–Crippen LogP) is 7.21. The first-order valence-corrected chi connectivity index (χ1v) is 19.7. The number of nitrogens with zero attached hydrogens (tertiary/aromatic N) is 2. The molecule has 5 unspecified atom stereocenters. The minimum atomic E-state index is -0.590. The van der Waals surface area contributed by atoms with Crippen molar-refractivity contribution in [2.24, 2.45) is 11.7 Å². The van der Waals surface area contributed by atoms with E-state index in [1.807, 2.05) is 47.4 Å². The number of carbonyl (C=O) groups excluding carboxylic acids is 1. The summed E-state index contributed by atoms with van der Waals surface area (Å²) in [5.41, 5.74) is 12.3. The highest BCUT2D eigenvalue weighted by Gasteiger charge is 2.29. The normalized spacial score (nSPS) is 23.0. The highest BCUT2D eigenvalue weighted by molar-refractivity contribution is 5.88. The maximum absolute atomic E-state index is 13.5. The molecule has 0 saturated carbocycles. The molecule has 9 rings (SSSR count). The first-order valence-electron chi connectivity index (χ1n) is 19.7. The number of rotatable bonds is 8. The Kier molecular flexibility index (Phi) is 10.6. The van der Waals surface area contributed by atoms with Gasteiger partial charge in [-0.15, -0.1) is 0 Å². The van der Waals surface area contributed by atoms with E-state index in [9.17, 15) is 15.0 Å². The van der Waals surface area contributed by atoms with Crippen LogP contribution in [0, 0.1) is 5.92 Å². The SMILES string of the molecule is CCCCCC1CC(O)C2C=Cc3c(ccc(O)c3OCc3cc(C(CC(=O)N4CCC4)c4ccccc4)cc4cn(cc34)C3=C(C=CC(N)N3)CO1)C2. The van der Waals surface area contributed by atoms with Crippen LogP contribution in [-0.2, 0) is 22.6 Å². The molecule has 1 fully saturated rings. The Labute approximate surface area is 317 Å². The minimum absolute atomic E-state index is 0.0745. The van der Waals surface area contributed by atoms with Gasteiger partial charge in [0.2, 0.25) is 5.91 Å². The van der Waals surface area contributed by atoms with Crippen molar-refractivity contribution in [2.45, 2.75) is 89.2 Å². The van der Waals surface area contributed by atoms with Gasteiger partial charge >= 0.3 is 0 Å². The van der Waals surface area contributed by atoms with E-state index in [0.717, 1.165) is 95.2 Å². The van der Waals surface area contributed by atoms with Gasteiger partial charge in [0.15, 0.2) is 11.5 Å². The van der Waals surface area contributed by atoms with Crippen LogP contribution < -0.4 is 15.8 Å². The van der Waals surface area contributed by atoms with E-state index in [4.69, 9.17) is 15.2 Å². The first-order chi connectivity index (χ1) is 26.3. The Balaban J connectivity index is 1.26. The number of carbonyl (C=O) groups is 1. The highest BCUT2D eigenvalue weighted by atomic mass is 16.5. The molecule has 9 heteroatoms. The number of phenols is 1. The van der Waals surface area contributed by atoms with Gasteiger partial charge in [-0.2, -0.15) is 0 Å². The van der Waals surface area contributed by atoms with Gasteiger partial charge in [-0.3, -0.25) is 4.79 Å². The molecule has 9 nitrogen and oxygen atoms in total. The third-order valence-corrected chi connectivity index (χ3v) is 11.6. The van der Waals surface area contributed by atoms with Crippen molar-refractivity contribution < 1.29 is 24.5 Å². The summed E-state index contributed by atoms with van der Waals surface area (Å²) < 4.78 is 15.4. The molecule has 1 saturated heterocycles. The summed E-state index contributed by atoms with van der Waals surface area (Å²) in [4.78, 5) is 15.5. The Bertz CT molecular complexity index is 2080. The summed E-state index contributed by atoms with van der Waals surface area (Å²) in [6.45, 7) is 4.38. The summed E-state index contributed by atoms with van der Waals surface area (Å²) in [5.74, 6) is 1.26. The lowest BCUT2D eigenvalue weighted by atomic mass is 9.83. The molecule has 1 aliphatic carbocycles. The Morgan fingerprint density at radius 2 is 1.85 bits per heavy atom. The number of unbranched alkanes of at least 4 members (excludes halogenated alkanes) is 2. The largest absolute Gasteiger partial charge is 0.504 e. The number of fused-ring (bicyclic) bond motifs is 5. The lowest BCUT2D eigenvalue weighted by Crippen LogP contribution is -2.42. The van der Waals surface area contributed by atoms with E-state index in [1.54, 1.807) is 6.07 Å². The molecule has 5 heterocycles. The van der Waals surface area contributed by atoms with Crippen LogP contribution in [0.5, 0.6) is 11.5 Å². The standard InChI is InChI=1S/C45H52N4O5/c1-2-3-5-11-36-23-41(51)31-12-15-37-30(20-31)13-16-40(50)44(37)54-28-35-22-33(38(29-9-6-4-7-10-29)24-43(52)48-18-8-19-48)21-34-25-49(26-39(34)35)45-32(27-53-36)14-17-42(46)47-45/h4,6-7,9-10,12-17,21-22,25-26,31,36,38,41-42,47,50-51H,2-3,5,8,11,18-20,23-24,27-28,46H2,1H3. The number of hydrogen-bond acceptors (Lipinski definition) is 7. The third kappa shape index (κ3) is 7.58. The number of benzene rings is 3. The van der Waals surface area contributed by atoms with Gasteiger partial charge in [0.05, 0.1) is 25.0 Å². The van der Waals surface area contributed by atoms with Crippen molar-refractivity contribution in [3.63, 3.8) is 0 Å². The molecule has 282 valence electrons. The highest BCUT2D eigenvalue weighted by Crippen LogP contribution is 2.41. The summed E-state index contributed by atoms with van der Waals surface area (Å²) in [5, 5.41) is 28.2. The fraction of sp³-hybridized carbons (Fsp3) is 0.400. The average Bonchev–Trinajstić information content (AvgIpc) is 3.59. The van der Waals surface area contributed by atoms with Gasteiger partial charge in [-0.25, -0.2) is 0 Å². The minimum Gasteiger partial charge on any atom is -0.504 e. The molecule has 54 heavy (non-hydrogen) atoms. The lowest BCUT2D eigenvalue weighted by molar-refractivity contribution is -0.134. The predicted molar refractivity (Wildman–Crippen MR) is 213 cm³/mol. The van der Waals surface area contributed by atoms with Crippen molar-refractivity contribution in [3.05, 3.63) is 119 Å².